The lowest BCUT2D eigenvalue weighted by molar-refractivity contribution is -0.135. The fraction of sp³-hybridized carbons (Fsp3) is 0.417. The average molecular weight is 318 g/mol. The molecule has 1 unspecified atom stereocenters. The number of carbonyl (C=O) groups is 1. The Bertz CT molecular complexity index is 679. The number of hydrogen-bond acceptors (Lipinski definition) is 6. The predicted molar refractivity (Wildman–Crippen MR) is 74.3 cm³/mol. The van der Waals surface area contributed by atoms with Gasteiger partial charge in [0.05, 0.1) is 29.1 Å². The van der Waals surface area contributed by atoms with Gasteiger partial charge in [-0.05, 0) is 6.08 Å². The maximum Gasteiger partial charge on any atom is 0.339 e. The number of aliphatic imine (C=N–C) groups is 1. The molecule has 0 aromatic heterocycles. The first-order valence-corrected chi connectivity index (χ1v) is 7.26. The lowest BCUT2D eigenvalue weighted by atomic mass is 9.89. The van der Waals surface area contributed by atoms with Crippen LogP contribution in [0.1, 0.15) is 6.92 Å². The molecule has 1 aliphatic heterocycles. The lowest BCUT2D eigenvalue weighted by Gasteiger charge is -2.22. The monoisotopic (exact) mass is 317 g/mol. The molecule has 0 saturated heterocycles. The van der Waals surface area contributed by atoms with E-state index in [-0.39, 0.29) is 21.4 Å². The van der Waals surface area contributed by atoms with Crippen LogP contribution < -0.4 is 0 Å². The van der Waals surface area contributed by atoms with E-state index >= 15 is 0 Å². The van der Waals surface area contributed by atoms with E-state index in [4.69, 9.17) is 16.3 Å². The summed E-state index contributed by atoms with van der Waals surface area (Å²) in [5.41, 5.74) is 0.380. The molecule has 0 N–H and O–H groups in total. The highest BCUT2D eigenvalue weighted by Crippen LogP contribution is 2.33. The maximum absolute atomic E-state index is 11.7. The molecule has 1 heterocycles. The van der Waals surface area contributed by atoms with Crippen LogP contribution in [0.15, 0.2) is 27.2 Å². The van der Waals surface area contributed by atoms with Crippen LogP contribution in [-0.2, 0) is 24.6 Å². The van der Waals surface area contributed by atoms with Crippen LogP contribution >= 0.6 is 11.6 Å². The van der Waals surface area contributed by atoms with Gasteiger partial charge in [0.25, 0.3) is 0 Å². The maximum atomic E-state index is 11.7. The van der Waals surface area contributed by atoms with Crippen molar-refractivity contribution < 1.29 is 22.7 Å². The van der Waals surface area contributed by atoms with Crippen molar-refractivity contribution in [3.63, 3.8) is 0 Å². The van der Waals surface area contributed by atoms with Crippen LogP contribution in [-0.4, -0.2) is 45.4 Å². The number of carbonyl (C=O) groups excluding carboxylic acids is 1. The fourth-order valence-corrected chi connectivity index (χ4v) is 3.03. The molecule has 2 aliphatic rings. The van der Waals surface area contributed by atoms with Gasteiger partial charge in [-0.25, -0.2) is 9.79 Å². The summed E-state index contributed by atoms with van der Waals surface area (Å²) in [5, 5.41) is 0.110. The highest BCUT2D eigenvalue weighted by molar-refractivity contribution is 7.73. The van der Waals surface area contributed by atoms with Gasteiger partial charge in [0.2, 0.25) is 16.2 Å². The summed E-state index contributed by atoms with van der Waals surface area (Å²) in [6, 6.07) is 0. The summed E-state index contributed by atoms with van der Waals surface area (Å²) in [4.78, 5) is 15.9. The number of hydrogen-bond donors (Lipinski definition) is 0. The highest BCUT2D eigenvalue weighted by atomic mass is 35.5. The van der Waals surface area contributed by atoms with Gasteiger partial charge in [-0.3, -0.25) is 0 Å². The molecule has 1 atom stereocenters. The first-order chi connectivity index (χ1) is 9.47. The van der Waals surface area contributed by atoms with E-state index in [1.165, 1.54) is 13.2 Å². The van der Waals surface area contributed by atoms with Crippen molar-refractivity contribution in [1.82, 2.24) is 0 Å². The largest absolute Gasteiger partial charge is 0.476 e. The molecule has 108 valence electrons. The summed E-state index contributed by atoms with van der Waals surface area (Å²) >= 11 is 6.20. The third-order valence-electron chi connectivity index (χ3n) is 3.03. The number of nitrogens with zero attached hydrogens (tertiary/aromatic N) is 1. The van der Waals surface area contributed by atoms with E-state index < -0.39 is 22.2 Å². The molecule has 0 aromatic rings. The molecule has 0 bridgehead atoms. The van der Waals surface area contributed by atoms with Gasteiger partial charge in [0, 0.05) is 11.5 Å². The number of halogens is 1. The van der Waals surface area contributed by atoms with Crippen molar-refractivity contribution in [3.05, 3.63) is 22.3 Å². The van der Waals surface area contributed by atoms with Gasteiger partial charge in [0.15, 0.2) is 0 Å². The fourth-order valence-electron chi connectivity index (χ4n) is 2.04. The van der Waals surface area contributed by atoms with Crippen LogP contribution in [0.3, 0.4) is 0 Å². The smallest absolute Gasteiger partial charge is 0.339 e. The molecular weight excluding hydrogens is 306 g/mol. The van der Waals surface area contributed by atoms with Crippen LogP contribution in [0.5, 0.6) is 0 Å². The Hall–Kier alpha value is -1.60. The Balaban J connectivity index is 2.65. The Morgan fingerprint density at radius 2 is 2.25 bits per heavy atom. The van der Waals surface area contributed by atoms with Crippen LogP contribution in [0.2, 0.25) is 0 Å². The van der Waals surface area contributed by atoms with E-state index in [1.54, 1.807) is 6.92 Å². The first kappa shape index (κ1) is 14.8. The quantitative estimate of drug-likeness (QED) is 0.553. The number of esters is 1. The number of allylic oxidation sites excluding steroid dienone is 1. The molecular formula is C12H12ClNO5S. The van der Waals surface area contributed by atoms with E-state index in [1.807, 2.05) is 0 Å². The second-order valence-electron chi connectivity index (χ2n) is 4.17. The van der Waals surface area contributed by atoms with Crippen LogP contribution in [0, 0.1) is 5.92 Å². The highest BCUT2D eigenvalue weighted by Gasteiger charge is 2.34. The summed E-state index contributed by atoms with van der Waals surface area (Å²) < 4.78 is 32.6. The molecule has 0 amide bonds. The predicted octanol–water partition coefficient (Wildman–Crippen LogP) is 0.709. The van der Waals surface area contributed by atoms with Gasteiger partial charge >= 0.3 is 5.97 Å². The minimum atomic E-state index is -2.48. The molecule has 1 aliphatic carbocycles. The zero-order chi connectivity index (χ0) is 14.9. The SMILES string of the molecule is COC(=O)C1=CC(=S(=O)=O)C(C)C(C2=NCCO2)=C1Cl. The molecule has 8 heteroatoms. The van der Waals surface area contributed by atoms with Crippen molar-refractivity contribution in [2.24, 2.45) is 10.9 Å². The van der Waals surface area contributed by atoms with Crippen molar-refractivity contribution in [1.29, 1.82) is 0 Å². The zero-order valence-electron chi connectivity index (χ0n) is 10.8. The first-order valence-electron chi connectivity index (χ1n) is 5.81. The minimum Gasteiger partial charge on any atom is -0.476 e. The van der Waals surface area contributed by atoms with Crippen LogP contribution in [0.25, 0.3) is 0 Å². The lowest BCUT2D eigenvalue weighted by Crippen LogP contribution is -2.26. The summed E-state index contributed by atoms with van der Waals surface area (Å²) in [6.45, 7) is 2.54. The Morgan fingerprint density at radius 1 is 1.55 bits per heavy atom. The molecule has 0 aromatic carbocycles. The minimum absolute atomic E-state index is 0.0142. The number of rotatable bonds is 2. The van der Waals surface area contributed by atoms with Crippen molar-refractivity contribution in [2.45, 2.75) is 6.92 Å². The van der Waals surface area contributed by atoms with E-state index in [2.05, 4.69) is 9.73 Å². The second-order valence-corrected chi connectivity index (χ2v) is 5.49. The number of methoxy groups -OCH3 is 1. The van der Waals surface area contributed by atoms with E-state index in [9.17, 15) is 13.2 Å². The van der Waals surface area contributed by atoms with Gasteiger partial charge in [-0.15, -0.1) is 0 Å². The topological polar surface area (TPSA) is 82.0 Å². The molecule has 6 nitrogen and oxygen atoms in total. The van der Waals surface area contributed by atoms with E-state index in [0.29, 0.717) is 18.7 Å². The molecule has 0 radical (unpaired) electrons. The molecule has 0 spiro atoms. The van der Waals surface area contributed by atoms with Crippen molar-refractivity contribution in [3.8, 4) is 0 Å². The average Bonchev–Trinajstić information content (AvgIpc) is 2.91. The Morgan fingerprint density at radius 3 is 2.75 bits per heavy atom. The summed E-state index contributed by atoms with van der Waals surface area (Å²) in [5.74, 6) is -0.966. The summed E-state index contributed by atoms with van der Waals surface area (Å²) in [7, 11) is -1.28. The number of ether oxygens (including phenoxy) is 2. The van der Waals surface area contributed by atoms with Gasteiger partial charge in [0.1, 0.15) is 6.61 Å². The Kier molecular flexibility index (Phi) is 4.29. The molecule has 0 fully saturated rings. The standard InChI is InChI=1S/C12H12ClNO5S/c1-6-8(20(16)17)5-7(12(15)18-2)10(13)9(6)11-14-3-4-19-11/h5-6H,3-4H2,1-2H3. The van der Waals surface area contributed by atoms with Crippen LogP contribution in [0.4, 0.5) is 0 Å². The third-order valence-corrected chi connectivity index (χ3v) is 4.30. The molecule has 0 saturated carbocycles. The van der Waals surface area contributed by atoms with Gasteiger partial charge < -0.3 is 9.47 Å². The summed E-state index contributed by atoms with van der Waals surface area (Å²) in [6.07, 6.45) is 1.22. The van der Waals surface area contributed by atoms with E-state index in [0.717, 1.165) is 0 Å². The van der Waals surface area contributed by atoms with Gasteiger partial charge in [-0.1, -0.05) is 18.5 Å². The van der Waals surface area contributed by atoms with Crippen molar-refractivity contribution >= 4 is 38.6 Å². The molecule has 2 rings (SSSR count). The normalized spacial score (nSPS) is 22.1. The zero-order valence-corrected chi connectivity index (χ0v) is 12.4. The van der Waals surface area contributed by atoms with Gasteiger partial charge in [-0.2, -0.15) is 8.42 Å². The van der Waals surface area contributed by atoms with Crippen molar-refractivity contribution in [2.75, 3.05) is 20.3 Å². The Labute approximate surface area is 122 Å². The third kappa shape index (κ3) is 2.51. The molecule has 20 heavy (non-hydrogen) atoms. The second kappa shape index (κ2) is 5.80.